The van der Waals surface area contributed by atoms with Crippen LogP contribution in [-0.4, -0.2) is 68.8 Å². The molecule has 1 aromatic rings. The number of benzene rings is 1. The van der Waals surface area contributed by atoms with E-state index in [1.807, 2.05) is 0 Å². The summed E-state index contributed by atoms with van der Waals surface area (Å²) in [4.78, 5) is 5.22. The van der Waals surface area contributed by atoms with Gasteiger partial charge in [-0.05, 0) is 17.5 Å². The molecule has 3 rings (SSSR count). The van der Waals surface area contributed by atoms with Gasteiger partial charge in [0.15, 0.2) is 0 Å². The van der Waals surface area contributed by atoms with Gasteiger partial charge in [0.25, 0.3) is 0 Å². The van der Waals surface area contributed by atoms with Crippen molar-refractivity contribution in [1.29, 1.82) is 0 Å². The first-order valence-electron chi connectivity index (χ1n) is 9.20. The predicted octanol–water partition coefficient (Wildman–Crippen LogP) is 1.92. The zero-order valence-corrected chi connectivity index (χ0v) is 14.5. The van der Waals surface area contributed by atoms with Gasteiger partial charge in [-0.25, -0.2) is 0 Å². The Morgan fingerprint density at radius 3 is 2.39 bits per heavy atom. The van der Waals surface area contributed by atoms with Crippen LogP contribution in [0.15, 0.2) is 24.3 Å². The van der Waals surface area contributed by atoms with Gasteiger partial charge < -0.3 is 10.1 Å². The summed E-state index contributed by atoms with van der Waals surface area (Å²) in [5, 5.41) is 3.45. The maximum Gasteiger partial charge on any atom is 0.0594 e. The van der Waals surface area contributed by atoms with Gasteiger partial charge in [0, 0.05) is 51.9 Å². The fourth-order valence-corrected chi connectivity index (χ4v) is 3.65. The molecule has 23 heavy (non-hydrogen) atoms. The lowest BCUT2D eigenvalue weighted by atomic mass is 10.0. The fraction of sp³-hybridized carbons (Fsp3) is 0.684. The van der Waals surface area contributed by atoms with Crippen LogP contribution in [0.25, 0.3) is 0 Å². The van der Waals surface area contributed by atoms with Gasteiger partial charge in [-0.15, -0.1) is 0 Å². The molecule has 1 unspecified atom stereocenters. The largest absolute Gasteiger partial charge is 0.379 e. The van der Waals surface area contributed by atoms with Crippen LogP contribution in [0.2, 0.25) is 0 Å². The number of piperazine rings is 1. The summed E-state index contributed by atoms with van der Waals surface area (Å²) in [6.45, 7) is 11.8. The third-order valence-electron chi connectivity index (χ3n) is 5.03. The van der Waals surface area contributed by atoms with E-state index in [2.05, 4.69) is 46.3 Å². The second-order valence-electron chi connectivity index (χ2n) is 6.71. The minimum atomic E-state index is 0.493. The van der Waals surface area contributed by atoms with E-state index < -0.39 is 0 Å². The Morgan fingerprint density at radius 1 is 1.04 bits per heavy atom. The number of nitrogens with zero attached hydrogens (tertiary/aromatic N) is 2. The molecule has 0 amide bonds. The molecule has 4 nitrogen and oxygen atoms in total. The number of ether oxygens (including phenoxy) is 1. The van der Waals surface area contributed by atoms with Crippen molar-refractivity contribution in [2.24, 2.45) is 0 Å². The molecule has 2 heterocycles. The number of hydrogen-bond donors (Lipinski definition) is 1. The summed E-state index contributed by atoms with van der Waals surface area (Å²) >= 11 is 0. The molecule has 128 valence electrons. The van der Waals surface area contributed by atoms with Crippen molar-refractivity contribution in [3.05, 3.63) is 35.4 Å². The van der Waals surface area contributed by atoms with E-state index in [1.54, 1.807) is 0 Å². The van der Waals surface area contributed by atoms with Crippen LogP contribution in [-0.2, 0) is 11.2 Å². The molecular formula is C19H31N3O. The summed E-state index contributed by atoms with van der Waals surface area (Å²) in [5.74, 6) is 0. The molecule has 0 spiro atoms. The highest BCUT2D eigenvalue weighted by Crippen LogP contribution is 2.24. The first-order chi connectivity index (χ1) is 11.4. The maximum absolute atomic E-state index is 5.56. The van der Waals surface area contributed by atoms with Crippen molar-refractivity contribution in [3.63, 3.8) is 0 Å². The number of hydrogen-bond acceptors (Lipinski definition) is 4. The molecule has 2 aliphatic heterocycles. The van der Waals surface area contributed by atoms with Crippen LogP contribution in [0.1, 0.15) is 30.5 Å². The van der Waals surface area contributed by atoms with Crippen molar-refractivity contribution in [3.8, 4) is 0 Å². The van der Waals surface area contributed by atoms with Crippen LogP contribution >= 0.6 is 0 Å². The zero-order chi connectivity index (χ0) is 15.9. The van der Waals surface area contributed by atoms with E-state index in [9.17, 15) is 0 Å². The Hall–Kier alpha value is -0.940. The van der Waals surface area contributed by atoms with Crippen LogP contribution in [0, 0.1) is 0 Å². The number of aryl methyl sites for hydroxylation is 1. The lowest BCUT2D eigenvalue weighted by Gasteiger charge is -2.39. The summed E-state index contributed by atoms with van der Waals surface area (Å²) in [6, 6.07) is 9.85. The number of morpholine rings is 1. The highest BCUT2D eigenvalue weighted by atomic mass is 16.5. The van der Waals surface area contributed by atoms with Gasteiger partial charge in [-0.1, -0.05) is 37.6 Å². The Bertz CT molecular complexity index is 450. The van der Waals surface area contributed by atoms with E-state index in [-0.39, 0.29) is 0 Å². The van der Waals surface area contributed by atoms with Crippen molar-refractivity contribution in [1.82, 2.24) is 15.1 Å². The van der Waals surface area contributed by atoms with Crippen molar-refractivity contribution in [2.75, 3.05) is 59.0 Å². The minimum absolute atomic E-state index is 0.493. The van der Waals surface area contributed by atoms with E-state index in [0.717, 1.165) is 59.0 Å². The van der Waals surface area contributed by atoms with Crippen molar-refractivity contribution < 1.29 is 4.74 Å². The average Bonchev–Trinajstić information content (AvgIpc) is 2.62. The topological polar surface area (TPSA) is 27.7 Å². The summed E-state index contributed by atoms with van der Waals surface area (Å²) in [6.07, 6.45) is 2.40. The SMILES string of the molecule is CCCc1ccc(C(CN2CCNCC2)N2CCOCC2)cc1. The smallest absolute Gasteiger partial charge is 0.0594 e. The van der Waals surface area contributed by atoms with E-state index in [0.29, 0.717) is 6.04 Å². The molecule has 0 saturated carbocycles. The van der Waals surface area contributed by atoms with E-state index >= 15 is 0 Å². The molecular weight excluding hydrogens is 286 g/mol. The summed E-state index contributed by atoms with van der Waals surface area (Å²) in [5.41, 5.74) is 2.92. The maximum atomic E-state index is 5.56. The van der Waals surface area contributed by atoms with Gasteiger partial charge >= 0.3 is 0 Å². The Balaban J connectivity index is 1.72. The first-order valence-corrected chi connectivity index (χ1v) is 9.20. The highest BCUT2D eigenvalue weighted by Gasteiger charge is 2.25. The first kappa shape index (κ1) is 16.9. The number of rotatable bonds is 6. The summed E-state index contributed by atoms with van der Waals surface area (Å²) < 4.78 is 5.56. The Labute approximate surface area is 140 Å². The Morgan fingerprint density at radius 2 is 1.74 bits per heavy atom. The lowest BCUT2D eigenvalue weighted by molar-refractivity contribution is 0.00668. The molecule has 2 aliphatic rings. The molecule has 0 aliphatic carbocycles. The average molecular weight is 317 g/mol. The highest BCUT2D eigenvalue weighted by molar-refractivity contribution is 5.25. The van der Waals surface area contributed by atoms with E-state index in [4.69, 9.17) is 4.74 Å². The third kappa shape index (κ3) is 4.77. The van der Waals surface area contributed by atoms with Gasteiger partial charge in [0.2, 0.25) is 0 Å². The molecule has 0 radical (unpaired) electrons. The molecule has 1 N–H and O–H groups in total. The van der Waals surface area contributed by atoms with Gasteiger partial charge in [-0.2, -0.15) is 0 Å². The van der Waals surface area contributed by atoms with Gasteiger partial charge in [0.1, 0.15) is 0 Å². The standard InChI is InChI=1S/C19H31N3O/c1-2-3-17-4-6-18(7-5-17)19(22-12-14-23-15-13-22)16-21-10-8-20-9-11-21/h4-7,19-20H,2-3,8-16H2,1H3. The lowest BCUT2D eigenvalue weighted by Crippen LogP contribution is -2.49. The second kappa shape index (κ2) is 8.78. The molecule has 0 bridgehead atoms. The molecule has 1 atom stereocenters. The van der Waals surface area contributed by atoms with Crippen molar-refractivity contribution in [2.45, 2.75) is 25.8 Å². The normalized spacial score (nSPS) is 22.1. The molecule has 2 fully saturated rings. The molecule has 2 saturated heterocycles. The Kier molecular flexibility index (Phi) is 6.46. The predicted molar refractivity (Wildman–Crippen MR) is 94.9 cm³/mol. The summed E-state index contributed by atoms with van der Waals surface area (Å²) in [7, 11) is 0. The molecule has 4 heteroatoms. The molecule has 0 aromatic heterocycles. The van der Waals surface area contributed by atoms with Gasteiger partial charge in [-0.3, -0.25) is 9.80 Å². The van der Waals surface area contributed by atoms with Crippen LogP contribution in [0.5, 0.6) is 0 Å². The monoisotopic (exact) mass is 317 g/mol. The zero-order valence-electron chi connectivity index (χ0n) is 14.5. The van der Waals surface area contributed by atoms with E-state index in [1.165, 1.54) is 24.0 Å². The van der Waals surface area contributed by atoms with Crippen LogP contribution < -0.4 is 5.32 Å². The minimum Gasteiger partial charge on any atom is -0.379 e. The fourth-order valence-electron chi connectivity index (χ4n) is 3.65. The van der Waals surface area contributed by atoms with Crippen LogP contribution in [0.3, 0.4) is 0 Å². The van der Waals surface area contributed by atoms with Crippen molar-refractivity contribution >= 4 is 0 Å². The third-order valence-corrected chi connectivity index (χ3v) is 5.03. The van der Waals surface area contributed by atoms with Crippen LogP contribution in [0.4, 0.5) is 0 Å². The second-order valence-corrected chi connectivity index (χ2v) is 6.71. The molecule has 1 aromatic carbocycles. The quantitative estimate of drug-likeness (QED) is 0.867. The van der Waals surface area contributed by atoms with Gasteiger partial charge in [0.05, 0.1) is 13.2 Å². The number of nitrogens with one attached hydrogen (secondary N) is 1.